The molecule has 1 heterocycles. The Hall–Kier alpha value is -1.89. The molecule has 0 bridgehead atoms. The van der Waals surface area contributed by atoms with E-state index in [9.17, 15) is 18.0 Å². The van der Waals surface area contributed by atoms with Crippen LogP contribution in [0.5, 0.6) is 0 Å². The van der Waals surface area contributed by atoms with Crippen molar-refractivity contribution in [2.45, 2.75) is 49.8 Å². The van der Waals surface area contributed by atoms with Crippen LogP contribution in [0.15, 0.2) is 30.3 Å². The zero-order valence-electron chi connectivity index (χ0n) is 14.9. The fourth-order valence-corrected chi connectivity index (χ4v) is 5.54. The highest BCUT2D eigenvalue weighted by Gasteiger charge is 2.32. The van der Waals surface area contributed by atoms with Crippen LogP contribution in [0.4, 0.5) is 0 Å². The number of carbonyl (C=O) groups is 2. The van der Waals surface area contributed by atoms with Gasteiger partial charge in [0.25, 0.3) is 5.91 Å². The molecule has 1 aromatic rings. The van der Waals surface area contributed by atoms with Gasteiger partial charge in [-0.1, -0.05) is 31.0 Å². The molecule has 1 saturated heterocycles. The second-order valence-corrected chi connectivity index (χ2v) is 9.49. The molecule has 1 aliphatic heterocycles. The van der Waals surface area contributed by atoms with E-state index < -0.39 is 21.5 Å². The molecule has 0 radical (unpaired) electrons. The van der Waals surface area contributed by atoms with Crippen LogP contribution in [-0.2, 0) is 14.6 Å². The maximum atomic E-state index is 12.4. The molecule has 1 N–H and O–H groups in total. The van der Waals surface area contributed by atoms with Crippen LogP contribution in [0.1, 0.15) is 48.9 Å². The minimum Gasteiger partial charge on any atom is -0.352 e. The molecule has 1 aromatic carbocycles. The van der Waals surface area contributed by atoms with Crippen LogP contribution < -0.4 is 5.32 Å². The molecular weight excluding hydrogens is 352 g/mol. The van der Waals surface area contributed by atoms with Crippen molar-refractivity contribution in [3.8, 4) is 0 Å². The lowest BCUT2D eigenvalue weighted by atomic mass is 10.0. The average Bonchev–Trinajstić information content (AvgIpc) is 3.18. The van der Waals surface area contributed by atoms with Gasteiger partial charge in [-0.3, -0.25) is 9.59 Å². The van der Waals surface area contributed by atoms with E-state index in [1.807, 2.05) is 18.2 Å². The highest BCUT2D eigenvalue weighted by Crippen LogP contribution is 2.25. The Morgan fingerprint density at radius 1 is 1.00 bits per heavy atom. The normalized spacial score (nSPS) is 19.5. The summed E-state index contributed by atoms with van der Waals surface area (Å²) in [7, 11) is -3.35. The quantitative estimate of drug-likeness (QED) is 0.846. The first-order chi connectivity index (χ1) is 12.5. The largest absolute Gasteiger partial charge is 0.352 e. The number of hydrogen-bond acceptors (Lipinski definition) is 4. The van der Waals surface area contributed by atoms with Gasteiger partial charge in [0.15, 0.2) is 9.84 Å². The summed E-state index contributed by atoms with van der Waals surface area (Å²) >= 11 is 0. The van der Waals surface area contributed by atoms with Crippen molar-refractivity contribution in [2.24, 2.45) is 0 Å². The second-order valence-electron chi connectivity index (χ2n) is 7.21. The lowest BCUT2D eigenvalue weighted by Gasteiger charge is -2.32. The zero-order valence-corrected chi connectivity index (χ0v) is 15.7. The summed E-state index contributed by atoms with van der Waals surface area (Å²) < 4.78 is 24.5. The molecular formula is C19H26N2O4S. The number of hydrogen-bond donors (Lipinski definition) is 1. The van der Waals surface area contributed by atoms with E-state index in [0.29, 0.717) is 44.3 Å². The summed E-state index contributed by atoms with van der Waals surface area (Å²) in [5.74, 6) is -0.829. The van der Waals surface area contributed by atoms with Gasteiger partial charge in [0, 0.05) is 24.7 Å². The van der Waals surface area contributed by atoms with Gasteiger partial charge in [0.05, 0.1) is 5.25 Å². The predicted molar refractivity (Wildman–Crippen MR) is 99.6 cm³/mol. The van der Waals surface area contributed by atoms with Crippen LogP contribution >= 0.6 is 0 Å². The van der Waals surface area contributed by atoms with Crippen LogP contribution in [0.25, 0.3) is 0 Å². The minimum absolute atomic E-state index is 0.000752. The van der Waals surface area contributed by atoms with Gasteiger partial charge < -0.3 is 10.2 Å². The van der Waals surface area contributed by atoms with E-state index in [-0.39, 0.29) is 17.2 Å². The Labute approximate surface area is 154 Å². The van der Waals surface area contributed by atoms with Crippen molar-refractivity contribution >= 4 is 21.7 Å². The maximum absolute atomic E-state index is 12.4. The van der Waals surface area contributed by atoms with Gasteiger partial charge in [-0.15, -0.1) is 0 Å². The molecule has 26 heavy (non-hydrogen) atoms. The molecule has 6 nitrogen and oxygen atoms in total. The molecule has 0 spiro atoms. The van der Waals surface area contributed by atoms with E-state index >= 15 is 0 Å². The molecule has 1 saturated carbocycles. The summed E-state index contributed by atoms with van der Waals surface area (Å²) in [6.45, 7) is 1.13. The summed E-state index contributed by atoms with van der Waals surface area (Å²) in [5.41, 5.74) is 0.664. The third kappa shape index (κ3) is 4.63. The molecule has 2 aliphatic rings. The summed E-state index contributed by atoms with van der Waals surface area (Å²) in [4.78, 5) is 26.4. The molecule has 2 amide bonds. The standard InChI is InChI=1S/C19H26N2O4S/c22-18(14-26(24,25)17-8-4-5-9-17)20-16-10-12-21(13-11-16)19(23)15-6-2-1-3-7-15/h1-3,6-7,16-17H,4-5,8-14H2,(H,20,22). The summed E-state index contributed by atoms with van der Waals surface area (Å²) in [5, 5.41) is 2.49. The lowest BCUT2D eigenvalue weighted by molar-refractivity contribution is -0.119. The van der Waals surface area contributed by atoms with Crippen molar-refractivity contribution < 1.29 is 18.0 Å². The van der Waals surface area contributed by atoms with Crippen LogP contribution in [0.3, 0.4) is 0 Å². The number of benzene rings is 1. The molecule has 7 heteroatoms. The Kier molecular flexibility index (Phi) is 5.96. The van der Waals surface area contributed by atoms with Crippen molar-refractivity contribution in [3.05, 3.63) is 35.9 Å². The van der Waals surface area contributed by atoms with E-state index in [1.165, 1.54) is 0 Å². The number of likely N-dealkylation sites (tertiary alicyclic amines) is 1. The second kappa shape index (κ2) is 8.20. The van der Waals surface area contributed by atoms with Crippen molar-refractivity contribution in [3.63, 3.8) is 0 Å². The third-order valence-electron chi connectivity index (χ3n) is 5.31. The highest BCUT2D eigenvalue weighted by atomic mass is 32.2. The molecule has 0 aromatic heterocycles. The Morgan fingerprint density at radius 2 is 1.62 bits per heavy atom. The SMILES string of the molecule is O=C(CS(=O)(=O)C1CCCC1)NC1CCN(C(=O)c2ccccc2)CC1. The Morgan fingerprint density at radius 3 is 2.23 bits per heavy atom. The van der Waals surface area contributed by atoms with Crippen LogP contribution in [0, 0.1) is 0 Å². The van der Waals surface area contributed by atoms with E-state index in [2.05, 4.69) is 5.32 Å². The van der Waals surface area contributed by atoms with Gasteiger partial charge in [-0.05, 0) is 37.8 Å². The number of nitrogens with one attached hydrogen (secondary N) is 1. The van der Waals surface area contributed by atoms with Crippen LogP contribution in [0.2, 0.25) is 0 Å². The third-order valence-corrected chi connectivity index (χ3v) is 7.46. The van der Waals surface area contributed by atoms with E-state index in [1.54, 1.807) is 17.0 Å². The average molecular weight is 378 g/mol. The highest BCUT2D eigenvalue weighted by molar-refractivity contribution is 7.92. The number of carbonyl (C=O) groups excluding carboxylic acids is 2. The Bertz CT molecular complexity index is 734. The molecule has 142 valence electrons. The van der Waals surface area contributed by atoms with Crippen LogP contribution in [-0.4, -0.2) is 55.3 Å². The molecule has 3 rings (SSSR count). The number of amides is 2. The predicted octanol–water partition coefficient (Wildman–Crippen LogP) is 1.76. The first kappa shape index (κ1) is 18.9. The first-order valence-corrected chi connectivity index (χ1v) is 11.0. The van der Waals surface area contributed by atoms with Crippen molar-refractivity contribution in [1.29, 1.82) is 0 Å². The fraction of sp³-hybridized carbons (Fsp3) is 0.579. The van der Waals surface area contributed by atoms with Gasteiger partial charge in [0.1, 0.15) is 5.75 Å². The fourth-order valence-electron chi connectivity index (χ4n) is 3.81. The smallest absolute Gasteiger partial charge is 0.253 e. The first-order valence-electron chi connectivity index (χ1n) is 9.31. The van der Waals surface area contributed by atoms with Gasteiger partial charge in [0.2, 0.25) is 5.91 Å². The van der Waals surface area contributed by atoms with Crippen molar-refractivity contribution in [1.82, 2.24) is 10.2 Å². The number of rotatable bonds is 5. The topological polar surface area (TPSA) is 83.6 Å². The van der Waals surface area contributed by atoms with Gasteiger partial charge >= 0.3 is 0 Å². The van der Waals surface area contributed by atoms with E-state index in [4.69, 9.17) is 0 Å². The van der Waals surface area contributed by atoms with Crippen molar-refractivity contribution in [2.75, 3.05) is 18.8 Å². The maximum Gasteiger partial charge on any atom is 0.253 e. The monoisotopic (exact) mass is 378 g/mol. The molecule has 1 aliphatic carbocycles. The zero-order chi connectivity index (χ0) is 18.6. The minimum atomic E-state index is -3.35. The lowest BCUT2D eigenvalue weighted by Crippen LogP contribution is -2.48. The molecule has 0 unspecified atom stereocenters. The number of nitrogens with zero attached hydrogens (tertiary/aromatic N) is 1. The molecule has 0 atom stereocenters. The number of sulfone groups is 1. The Balaban J connectivity index is 1.46. The van der Waals surface area contributed by atoms with Gasteiger partial charge in [-0.25, -0.2) is 8.42 Å². The van der Waals surface area contributed by atoms with Gasteiger partial charge in [-0.2, -0.15) is 0 Å². The van der Waals surface area contributed by atoms with E-state index in [0.717, 1.165) is 12.8 Å². The summed E-state index contributed by atoms with van der Waals surface area (Å²) in [6, 6.07) is 9.07. The number of piperidine rings is 1. The summed E-state index contributed by atoms with van der Waals surface area (Å²) in [6.07, 6.45) is 4.51. The molecule has 2 fully saturated rings.